The van der Waals surface area contributed by atoms with Crippen LogP contribution in [0, 0.1) is 0 Å². The van der Waals surface area contributed by atoms with E-state index in [1.807, 2.05) is 12.2 Å². The molecule has 0 aliphatic heterocycles. The molecule has 1 aromatic heterocycles. The van der Waals surface area contributed by atoms with Crippen molar-refractivity contribution >= 4 is 29.4 Å². The van der Waals surface area contributed by atoms with E-state index in [1.54, 1.807) is 16.9 Å². The minimum Gasteiger partial charge on any atom is -0.291 e. The number of imide groups is 1. The number of carbonyl (C=O) groups excluding carboxylic acids is 2. The lowest BCUT2D eigenvalue weighted by molar-refractivity contribution is -0.117. The Morgan fingerprint density at radius 1 is 1.60 bits per heavy atom. The smallest absolute Gasteiger partial charge is 0.291 e. The number of amides is 3. The second-order valence-electron chi connectivity index (χ2n) is 2.69. The van der Waals surface area contributed by atoms with Crippen molar-refractivity contribution in [1.82, 2.24) is 15.1 Å². The van der Waals surface area contributed by atoms with Gasteiger partial charge < -0.3 is 0 Å². The first kappa shape index (κ1) is 11.5. The third-order valence-corrected chi connectivity index (χ3v) is 1.82. The molecule has 0 spiro atoms. The van der Waals surface area contributed by atoms with Gasteiger partial charge in [-0.25, -0.2) is 4.79 Å². The number of rotatable bonds is 3. The standard InChI is InChI=1S/C8H11ClN4O2/c1-2-13-4-3-6(12-13)10-8(15)11-7(14)5-9/h3-4H,2,5H2,1H3,(H2,10,11,12,14,15). The highest BCUT2D eigenvalue weighted by molar-refractivity contribution is 6.28. The summed E-state index contributed by atoms with van der Waals surface area (Å²) in [5.41, 5.74) is 0. The Morgan fingerprint density at radius 3 is 2.87 bits per heavy atom. The number of urea groups is 1. The predicted molar refractivity (Wildman–Crippen MR) is 55.8 cm³/mol. The third kappa shape index (κ3) is 3.59. The minimum absolute atomic E-state index is 0.253. The van der Waals surface area contributed by atoms with Crippen molar-refractivity contribution in [2.24, 2.45) is 0 Å². The summed E-state index contributed by atoms with van der Waals surface area (Å²) in [5.74, 6) is -0.419. The number of carbonyl (C=O) groups is 2. The minimum atomic E-state index is -0.637. The van der Waals surface area contributed by atoms with Gasteiger partial charge in [0, 0.05) is 18.8 Å². The van der Waals surface area contributed by atoms with Gasteiger partial charge in [-0.1, -0.05) is 0 Å². The summed E-state index contributed by atoms with van der Waals surface area (Å²) >= 11 is 5.21. The Bertz CT molecular complexity index is 363. The number of hydrogen-bond donors (Lipinski definition) is 2. The maximum absolute atomic E-state index is 11.1. The van der Waals surface area contributed by atoms with E-state index in [-0.39, 0.29) is 5.88 Å². The van der Waals surface area contributed by atoms with Crippen LogP contribution in [0.2, 0.25) is 0 Å². The molecule has 1 rings (SSSR count). The van der Waals surface area contributed by atoms with Crippen LogP contribution in [0.15, 0.2) is 12.3 Å². The lowest BCUT2D eigenvalue weighted by atomic mass is 10.6. The predicted octanol–water partition coefficient (Wildman–Crippen LogP) is 0.790. The zero-order valence-corrected chi connectivity index (χ0v) is 8.91. The highest BCUT2D eigenvalue weighted by Crippen LogP contribution is 2.01. The van der Waals surface area contributed by atoms with Gasteiger partial charge in [0.2, 0.25) is 5.91 Å². The van der Waals surface area contributed by atoms with Crippen LogP contribution in [0.5, 0.6) is 0 Å². The van der Waals surface area contributed by atoms with Gasteiger partial charge in [0.15, 0.2) is 5.82 Å². The number of aryl methyl sites for hydroxylation is 1. The molecule has 1 heterocycles. The maximum atomic E-state index is 11.1. The van der Waals surface area contributed by atoms with E-state index in [1.165, 1.54) is 0 Å². The average Bonchev–Trinajstić information content (AvgIpc) is 2.65. The quantitative estimate of drug-likeness (QED) is 0.754. The zero-order valence-electron chi connectivity index (χ0n) is 8.16. The topological polar surface area (TPSA) is 76.0 Å². The SMILES string of the molecule is CCn1ccc(NC(=O)NC(=O)CCl)n1. The van der Waals surface area contributed by atoms with E-state index in [0.29, 0.717) is 12.4 Å². The Kier molecular flexibility index (Phi) is 4.11. The van der Waals surface area contributed by atoms with Crippen LogP contribution in [0.1, 0.15) is 6.92 Å². The zero-order chi connectivity index (χ0) is 11.3. The number of nitrogens with one attached hydrogen (secondary N) is 2. The molecule has 2 N–H and O–H groups in total. The van der Waals surface area contributed by atoms with Crippen LogP contribution in [0.4, 0.5) is 10.6 Å². The molecule has 0 radical (unpaired) electrons. The van der Waals surface area contributed by atoms with E-state index in [0.717, 1.165) is 0 Å². The summed E-state index contributed by atoms with van der Waals surface area (Å²) in [7, 11) is 0. The van der Waals surface area contributed by atoms with Crippen molar-refractivity contribution in [1.29, 1.82) is 0 Å². The van der Waals surface area contributed by atoms with Crippen LogP contribution in [0.3, 0.4) is 0 Å². The van der Waals surface area contributed by atoms with Gasteiger partial charge in [-0.2, -0.15) is 5.10 Å². The van der Waals surface area contributed by atoms with Gasteiger partial charge in [-0.05, 0) is 6.92 Å². The molecule has 6 nitrogen and oxygen atoms in total. The fraction of sp³-hybridized carbons (Fsp3) is 0.375. The largest absolute Gasteiger partial charge is 0.327 e. The molecule has 0 unspecified atom stereocenters. The molecule has 0 aliphatic carbocycles. The van der Waals surface area contributed by atoms with Gasteiger partial charge in [-0.3, -0.25) is 20.1 Å². The van der Waals surface area contributed by atoms with Crippen LogP contribution in [-0.4, -0.2) is 27.6 Å². The van der Waals surface area contributed by atoms with Gasteiger partial charge in [0.1, 0.15) is 5.88 Å². The maximum Gasteiger partial charge on any atom is 0.327 e. The summed E-state index contributed by atoms with van der Waals surface area (Å²) in [5, 5.41) is 8.44. The van der Waals surface area contributed by atoms with Crippen molar-refractivity contribution in [3.63, 3.8) is 0 Å². The molecule has 15 heavy (non-hydrogen) atoms. The first-order valence-electron chi connectivity index (χ1n) is 4.36. The van der Waals surface area contributed by atoms with Gasteiger partial charge in [0.25, 0.3) is 0 Å². The summed E-state index contributed by atoms with van der Waals surface area (Å²) in [6.45, 7) is 2.64. The first-order valence-corrected chi connectivity index (χ1v) is 4.89. The highest BCUT2D eigenvalue weighted by atomic mass is 35.5. The van der Waals surface area contributed by atoms with Crippen molar-refractivity contribution in [3.8, 4) is 0 Å². The summed E-state index contributed by atoms with van der Waals surface area (Å²) in [6, 6.07) is 0.996. The lowest BCUT2D eigenvalue weighted by Gasteiger charge is -2.01. The van der Waals surface area contributed by atoms with Crippen molar-refractivity contribution in [2.75, 3.05) is 11.2 Å². The summed E-state index contributed by atoms with van der Waals surface area (Å²) < 4.78 is 1.65. The molecule has 0 bridgehead atoms. The normalized spacial score (nSPS) is 9.73. The van der Waals surface area contributed by atoms with E-state index in [4.69, 9.17) is 11.6 Å². The molecule has 7 heteroatoms. The Morgan fingerprint density at radius 2 is 2.33 bits per heavy atom. The molecule has 0 saturated heterocycles. The molecule has 82 valence electrons. The number of alkyl halides is 1. The Hall–Kier alpha value is -1.56. The third-order valence-electron chi connectivity index (χ3n) is 1.58. The number of nitrogens with zero attached hydrogens (tertiary/aromatic N) is 2. The monoisotopic (exact) mass is 230 g/mol. The lowest BCUT2D eigenvalue weighted by Crippen LogP contribution is -2.35. The Balaban J connectivity index is 2.47. The van der Waals surface area contributed by atoms with Gasteiger partial charge in [-0.15, -0.1) is 11.6 Å². The summed E-state index contributed by atoms with van der Waals surface area (Å²) in [6.07, 6.45) is 1.72. The van der Waals surface area contributed by atoms with Crippen LogP contribution in [-0.2, 0) is 11.3 Å². The number of halogens is 1. The molecule has 0 fully saturated rings. The highest BCUT2D eigenvalue weighted by Gasteiger charge is 2.07. The molecule has 1 aromatic rings. The summed E-state index contributed by atoms with van der Waals surface area (Å²) in [4.78, 5) is 21.9. The van der Waals surface area contributed by atoms with Crippen molar-refractivity contribution in [2.45, 2.75) is 13.5 Å². The van der Waals surface area contributed by atoms with E-state index in [2.05, 4.69) is 10.4 Å². The number of aromatic nitrogens is 2. The van der Waals surface area contributed by atoms with E-state index >= 15 is 0 Å². The van der Waals surface area contributed by atoms with Crippen molar-refractivity contribution in [3.05, 3.63) is 12.3 Å². The molecule has 0 atom stereocenters. The van der Waals surface area contributed by atoms with Crippen LogP contribution in [0.25, 0.3) is 0 Å². The molecule has 3 amide bonds. The fourth-order valence-corrected chi connectivity index (χ4v) is 0.979. The second-order valence-corrected chi connectivity index (χ2v) is 2.96. The van der Waals surface area contributed by atoms with Gasteiger partial charge >= 0.3 is 6.03 Å². The first-order chi connectivity index (χ1) is 7.15. The second kappa shape index (κ2) is 5.35. The Labute approximate surface area is 91.6 Å². The van der Waals surface area contributed by atoms with Gasteiger partial charge in [0.05, 0.1) is 0 Å². The number of anilines is 1. The molecular weight excluding hydrogens is 220 g/mol. The van der Waals surface area contributed by atoms with E-state index in [9.17, 15) is 9.59 Å². The average molecular weight is 231 g/mol. The molecule has 0 aromatic carbocycles. The molecule has 0 aliphatic rings. The van der Waals surface area contributed by atoms with Crippen LogP contribution >= 0.6 is 11.6 Å². The molecule has 0 saturated carbocycles. The van der Waals surface area contributed by atoms with Crippen molar-refractivity contribution < 1.29 is 9.59 Å². The number of hydrogen-bond acceptors (Lipinski definition) is 3. The van der Waals surface area contributed by atoms with Crippen LogP contribution < -0.4 is 10.6 Å². The fourth-order valence-electron chi connectivity index (χ4n) is 0.912. The van der Waals surface area contributed by atoms with E-state index < -0.39 is 11.9 Å². The molecular formula is C8H11ClN4O2.